The van der Waals surface area contributed by atoms with Gasteiger partial charge in [-0.3, -0.25) is 4.90 Å². The SMILES string of the molecule is CN1CCN(C)C(c2nc(=S)c(Br)c(C3CC3)[nH]2)C1. The lowest BCUT2D eigenvalue weighted by molar-refractivity contribution is 0.109. The molecule has 1 N–H and O–H groups in total. The number of likely N-dealkylation sites (N-methyl/N-ethyl adjacent to an activating group) is 2. The summed E-state index contributed by atoms with van der Waals surface area (Å²) < 4.78 is 1.68. The van der Waals surface area contributed by atoms with Gasteiger partial charge in [-0.05, 0) is 42.9 Å². The maximum atomic E-state index is 5.40. The molecule has 19 heavy (non-hydrogen) atoms. The zero-order valence-corrected chi connectivity index (χ0v) is 13.7. The van der Waals surface area contributed by atoms with Crippen LogP contribution in [0.3, 0.4) is 0 Å². The van der Waals surface area contributed by atoms with Crippen molar-refractivity contribution < 1.29 is 0 Å². The molecule has 1 unspecified atom stereocenters. The second-order valence-electron chi connectivity index (χ2n) is 5.69. The zero-order valence-electron chi connectivity index (χ0n) is 11.3. The Bertz CT molecular complexity index is 540. The number of aromatic nitrogens is 2. The Morgan fingerprint density at radius 3 is 2.74 bits per heavy atom. The third kappa shape index (κ3) is 2.77. The number of hydrogen-bond donors (Lipinski definition) is 1. The van der Waals surface area contributed by atoms with Crippen molar-refractivity contribution in [1.82, 2.24) is 19.8 Å². The van der Waals surface area contributed by atoms with E-state index in [1.165, 1.54) is 18.5 Å². The Labute approximate surface area is 127 Å². The summed E-state index contributed by atoms with van der Waals surface area (Å²) in [7, 11) is 4.32. The zero-order chi connectivity index (χ0) is 13.6. The Hall–Kier alpha value is -0.300. The van der Waals surface area contributed by atoms with Crippen LogP contribution in [0.25, 0.3) is 0 Å². The van der Waals surface area contributed by atoms with Crippen molar-refractivity contribution >= 4 is 28.1 Å². The quantitative estimate of drug-likeness (QED) is 0.838. The molecule has 0 spiro atoms. The summed E-state index contributed by atoms with van der Waals surface area (Å²) in [5, 5.41) is 0. The lowest BCUT2D eigenvalue weighted by atomic mass is 10.1. The summed E-state index contributed by atoms with van der Waals surface area (Å²) in [5.41, 5.74) is 1.25. The van der Waals surface area contributed by atoms with Crippen molar-refractivity contribution in [2.75, 3.05) is 33.7 Å². The van der Waals surface area contributed by atoms with Gasteiger partial charge in [0.15, 0.2) is 0 Å². The minimum atomic E-state index is 0.311. The molecule has 2 heterocycles. The monoisotopic (exact) mass is 342 g/mol. The summed E-state index contributed by atoms with van der Waals surface area (Å²) in [5.74, 6) is 1.66. The number of aromatic amines is 1. The lowest BCUT2D eigenvalue weighted by Gasteiger charge is -2.37. The van der Waals surface area contributed by atoms with Crippen molar-refractivity contribution in [3.63, 3.8) is 0 Å². The van der Waals surface area contributed by atoms with Gasteiger partial charge in [0.1, 0.15) is 10.5 Å². The van der Waals surface area contributed by atoms with Crippen LogP contribution >= 0.6 is 28.1 Å². The predicted molar refractivity (Wildman–Crippen MR) is 82.0 cm³/mol. The van der Waals surface area contributed by atoms with Crippen molar-refractivity contribution in [1.29, 1.82) is 0 Å². The maximum absolute atomic E-state index is 5.40. The highest BCUT2D eigenvalue weighted by molar-refractivity contribution is 9.10. The molecule has 0 aromatic carbocycles. The summed E-state index contributed by atoms with van der Waals surface area (Å²) >= 11 is 8.99. The van der Waals surface area contributed by atoms with E-state index >= 15 is 0 Å². The van der Waals surface area contributed by atoms with Gasteiger partial charge < -0.3 is 9.88 Å². The summed E-state index contributed by atoms with van der Waals surface area (Å²) in [6, 6.07) is 0.311. The van der Waals surface area contributed by atoms with Gasteiger partial charge in [0.05, 0.1) is 10.5 Å². The van der Waals surface area contributed by atoms with Crippen LogP contribution in [0.5, 0.6) is 0 Å². The van der Waals surface area contributed by atoms with Crippen LogP contribution in [0.1, 0.15) is 36.3 Å². The normalized spacial score (nSPS) is 25.7. The standard InChI is InChI=1S/C13H19BrN4S/c1-17-5-6-18(2)9(7-17)12-15-11(8-3-4-8)10(14)13(19)16-12/h8-9H,3-7H2,1-2H3,(H,15,16,19). The molecule has 1 aliphatic carbocycles. The number of H-pyrrole nitrogens is 1. The topological polar surface area (TPSA) is 35.2 Å². The highest BCUT2D eigenvalue weighted by Crippen LogP contribution is 2.42. The van der Waals surface area contributed by atoms with Gasteiger partial charge >= 0.3 is 0 Å². The van der Waals surface area contributed by atoms with Crippen molar-refractivity contribution in [3.05, 3.63) is 20.6 Å². The highest BCUT2D eigenvalue weighted by Gasteiger charge is 2.30. The molecule has 1 saturated carbocycles. The van der Waals surface area contributed by atoms with Crippen LogP contribution in [0.2, 0.25) is 0 Å². The van der Waals surface area contributed by atoms with Crippen molar-refractivity contribution in [2.24, 2.45) is 0 Å². The second-order valence-corrected chi connectivity index (χ2v) is 6.87. The van der Waals surface area contributed by atoms with Crippen LogP contribution in [0.15, 0.2) is 4.47 Å². The lowest BCUT2D eigenvalue weighted by Crippen LogP contribution is -2.45. The molecule has 104 valence electrons. The first-order chi connectivity index (χ1) is 9.06. The molecule has 2 fully saturated rings. The molecule has 0 amide bonds. The molecular weight excluding hydrogens is 324 g/mol. The van der Waals surface area contributed by atoms with E-state index in [2.05, 4.69) is 49.8 Å². The van der Waals surface area contributed by atoms with Crippen LogP contribution in [-0.2, 0) is 0 Å². The number of nitrogens with one attached hydrogen (secondary N) is 1. The average molecular weight is 343 g/mol. The van der Waals surface area contributed by atoms with E-state index < -0.39 is 0 Å². The predicted octanol–water partition coefficient (Wildman–Crippen LogP) is 2.70. The van der Waals surface area contributed by atoms with E-state index in [9.17, 15) is 0 Å². The van der Waals surface area contributed by atoms with Gasteiger partial charge in [0.25, 0.3) is 0 Å². The number of piperazine rings is 1. The van der Waals surface area contributed by atoms with E-state index in [0.717, 1.165) is 29.9 Å². The molecular formula is C13H19BrN4S. The fraction of sp³-hybridized carbons (Fsp3) is 0.692. The fourth-order valence-electron chi connectivity index (χ4n) is 2.61. The number of hydrogen-bond acceptors (Lipinski definition) is 4. The first-order valence-corrected chi connectivity index (χ1v) is 7.94. The minimum Gasteiger partial charge on any atom is -0.344 e. The Morgan fingerprint density at radius 2 is 2.05 bits per heavy atom. The molecule has 0 radical (unpaired) electrons. The second kappa shape index (κ2) is 5.24. The van der Waals surface area contributed by atoms with E-state index in [1.807, 2.05) is 0 Å². The molecule has 1 aromatic rings. The van der Waals surface area contributed by atoms with Gasteiger partial charge in [-0.1, -0.05) is 12.2 Å². The molecule has 1 atom stereocenters. The average Bonchev–Trinajstić information content (AvgIpc) is 3.20. The molecule has 4 nitrogen and oxygen atoms in total. The van der Waals surface area contributed by atoms with Crippen LogP contribution in [-0.4, -0.2) is 53.5 Å². The summed E-state index contributed by atoms with van der Waals surface area (Å²) in [6.07, 6.45) is 2.52. The Kier molecular flexibility index (Phi) is 3.77. The fourth-order valence-corrected chi connectivity index (χ4v) is 3.33. The third-order valence-electron chi connectivity index (χ3n) is 4.06. The smallest absolute Gasteiger partial charge is 0.144 e. The first kappa shape index (κ1) is 13.7. The Morgan fingerprint density at radius 1 is 1.32 bits per heavy atom. The van der Waals surface area contributed by atoms with Gasteiger partial charge in [-0.25, -0.2) is 4.98 Å². The van der Waals surface area contributed by atoms with E-state index in [4.69, 9.17) is 12.2 Å². The van der Waals surface area contributed by atoms with Gasteiger partial charge in [0, 0.05) is 31.2 Å². The van der Waals surface area contributed by atoms with E-state index in [-0.39, 0.29) is 0 Å². The number of rotatable bonds is 2. The summed E-state index contributed by atoms with van der Waals surface area (Å²) in [4.78, 5) is 12.8. The van der Waals surface area contributed by atoms with Crippen LogP contribution in [0, 0.1) is 4.64 Å². The van der Waals surface area contributed by atoms with Crippen LogP contribution < -0.4 is 0 Å². The third-order valence-corrected chi connectivity index (χ3v) is 5.42. The van der Waals surface area contributed by atoms with Gasteiger partial charge in [-0.15, -0.1) is 0 Å². The highest BCUT2D eigenvalue weighted by atomic mass is 79.9. The maximum Gasteiger partial charge on any atom is 0.144 e. The first-order valence-electron chi connectivity index (χ1n) is 6.74. The molecule has 2 aliphatic rings. The number of halogens is 1. The van der Waals surface area contributed by atoms with Crippen molar-refractivity contribution in [3.8, 4) is 0 Å². The largest absolute Gasteiger partial charge is 0.344 e. The molecule has 1 saturated heterocycles. The number of nitrogens with zero attached hydrogens (tertiary/aromatic N) is 3. The van der Waals surface area contributed by atoms with E-state index in [0.29, 0.717) is 16.6 Å². The molecule has 6 heteroatoms. The van der Waals surface area contributed by atoms with Gasteiger partial charge in [-0.2, -0.15) is 0 Å². The molecule has 3 rings (SSSR count). The van der Waals surface area contributed by atoms with E-state index in [1.54, 1.807) is 0 Å². The molecule has 1 aliphatic heterocycles. The minimum absolute atomic E-state index is 0.311. The van der Waals surface area contributed by atoms with Crippen LogP contribution in [0.4, 0.5) is 0 Å². The molecule has 1 aromatic heterocycles. The van der Waals surface area contributed by atoms with Gasteiger partial charge in [0.2, 0.25) is 0 Å². The molecule has 0 bridgehead atoms. The van der Waals surface area contributed by atoms with Crippen molar-refractivity contribution in [2.45, 2.75) is 24.8 Å². The Balaban J connectivity index is 1.97. The summed E-state index contributed by atoms with van der Waals surface area (Å²) in [6.45, 7) is 3.18.